The first kappa shape index (κ1) is 4.64. The highest BCUT2D eigenvalue weighted by atomic mass is 14.7. The topological polar surface area (TPSA) is 4.36 Å². The van der Waals surface area contributed by atoms with Gasteiger partial charge < -0.3 is 4.85 Å². The van der Waals surface area contributed by atoms with Crippen molar-refractivity contribution < 1.29 is 0 Å². The van der Waals surface area contributed by atoms with Gasteiger partial charge in [0.1, 0.15) is 0 Å². The summed E-state index contributed by atoms with van der Waals surface area (Å²) in [5.41, 5.74) is 0. The van der Waals surface area contributed by atoms with Gasteiger partial charge in [0.2, 0.25) is 6.04 Å². The molecule has 0 aromatic heterocycles. The van der Waals surface area contributed by atoms with Crippen LogP contribution in [0.2, 0.25) is 0 Å². The maximum absolute atomic E-state index is 6.60. The van der Waals surface area contributed by atoms with E-state index in [0.717, 1.165) is 5.92 Å². The lowest BCUT2D eigenvalue weighted by Crippen LogP contribution is -1.94. The molecule has 0 unspecified atom stereocenters. The van der Waals surface area contributed by atoms with Crippen LogP contribution in [0.5, 0.6) is 0 Å². The summed E-state index contributed by atoms with van der Waals surface area (Å²) in [6.45, 7) is 8.61. The lowest BCUT2D eigenvalue weighted by molar-refractivity contribution is 0.737. The molecular formula is C6H9N. The van der Waals surface area contributed by atoms with Crippen molar-refractivity contribution in [2.75, 3.05) is 0 Å². The molecule has 38 valence electrons. The Balaban J connectivity index is 2.27. The Bertz CT molecular complexity index is 97.2. The number of hydrogen-bond donors (Lipinski definition) is 0. The molecule has 0 aromatic carbocycles. The zero-order valence-corrected chi connectivity index (χ0v) is 4.52. The van der Waals surface area contributed by atoms with E-state index in [1.165, 1.54) is 12.8 Å². The van der Waals surface area contributed by atoms with E-state index in [9.17, 15) is 0 Å². The first-order valence-corrected chi connectivity index (χ1v) is 2.71. The van der Waals surface area contributed by atoms with Crippen LogP contribution < -0.4 is 0 Å². The third-order valence-electron chi connectivity index (χ3n) is 1.51. The highest BCUT2D eigenvalue weighted by molar-refractivity contribution is 4.89. The van der Waals surface area contributed by atoms with Crippen LogP contribution in [-0.4, -0.2) is 6.04 Å². The van der Waals surface area contributed by atoms with E-state index >= 15 is 0 Å². The third kappa shape index (κ3) is 0.928. The lowest BCUT2D eigenvalue weighted by atomic mass is 10.2. The molecule has 1 nitrogen and oxygen atoms in total. The molecule has 0 saturated heterocycles. The fraction of sp³-hybridized carbons (Fsp3) is 0.833. The summed E-state index contributed by atoms with van der Waals surface area (Å²) in [6, 6.07) is 0.306. The van der Waals surface area contributed by atoms with E-state index in [4.69, 9.17) is 6.57 Å². The summed E-state index contributed by atoms with van der Waals surface area (Å²) in [5.74, 6) is 0.762. The van der Waals surface area contributed by atoms with Crippen molar-refractivity contribution in [3.05, 3.63) is 11.4 Å². The van der Waals surface area contributed by atoms with Crippen molar-refractivity contribution in [3.8, 4) is 0 Å². The summed E-state index contributed by atoms with van der Waals surface area (Å²) < 4.78 is 0. The first-order chi connectivity index (χ1) is 3.34. The lowest BCUT2D eigenvalue weighted by Gasteiger charge is -1.87. The van der Waals surface area contributed by atoms with Crippen LogP contribution in [0.4, 0.5) is 0 Å². The van der Waals surface area contributed by atoms with E-state index in [1.54, 1.807) is 0 Å². The second-order valence-electron chi connectivity index (χ2n) is 2.21. The SMILES string of the molecule is [C-]#[N+][C@H](C)C1CC1. The number of hydrogen-bond acceptors (Lipinski definition) is 0. The zero-order valence-electron chi connectivity index (χ0n) is 4.52. The normalized spacial score (nSPS) is 23.4. The monoisotopic (exact) mass is 95.1 g/mol. The van der Waals surface area contributed by atoms with Gasteiger partial charge in [0, 0.05) is 12.8 Å². The Kier molecular flexibility index (Phi) is 1.02. The molecule has 1 fully saturated rings. The van der Waals surface area contributed by atoms with Crippen molar-refractivity contribution in [3.63, 3.8) is 0 Å². The fourth-order valence-electron chi connectivity index (χ4n) is 0.684. The van der Waals surface area contributed by atoms with E-state index in [1.807, 2.05) is 6.92 Å². The zero-order chi connectivity index (χ0) is 5.28. The molecule has 0 bridgehead atoms. The quantitative estimate of drug-likeness (QED) is 0.437. The number of rotatable bonds is 1. The van der Waals surface area contributed by atoms with Gasteiger partial charge in [-0.1, -0.05) is 0 Å². The summed E-state index contributed by atoms with van der Waals surface area (Å²) >= 11 is 0. The standard InChI is InChI=1S/C6H9N/c1-5(7-2)6-3-4-6/h5-6H,3-4H2,1H3/t5-/m1/s1. The Morgan fingerprint density at radius 2 is 2.29 bits per heavy atom. The van der Waals surface area contributed by atoms with Crippen LogP contribution in [-0.2, 0) is 0 Å². The molecule has 0 aromatic rings. The average molecular weight is 95.1 g/mol. The summed E-state index contributed by atoms with van der Waals surface area (Å²) in [4.78, 5) is 3.40. The maximum Gasteiger partial charge on any atom is 0.223 e. The van der Waals surface area contributed by atoms with Gasteiger partial charge in [-0.15, -0.1) is 0 Å². The van der Waals surface area contributed by atoms with E-state index in [0.29, 0.717) is 6.04 Å². The fourth-order valence-corrected chi connectivity index (χ4v) is 0.684. The Labute approximate surface area is 44.2 Å². The molecule has 0 aliphatic heterocycles. The minimum absolute atomic E-state index is 0.306. The predicted molar refractivity (Wildman–Crippen MR) is 28.8 cm³/mol. The van der Waals surface area contributed by atoms with Gasteiger partial charge in [0.25, 0.3) is 0 Å². The Morgan fingerprint density at radius 1 is 1.71 bits per heavy atom. The molecule has 1 heteroatoms. The average Bonchev–Trinajstić information content (AvgIpc) is 2.44. The van der Waals surface area contributed by atoms with Crippen LogP contribution in [0.1, 0.15) is 19.8 Å². The molecule has 1 atom stereocenters. The molecule has 0 N–H and O–H groups in total. The molecule has 0 radical (unpaired) electrons. The van der Waals surface area contributed by atoms with Crippen LogP contribution in [0, 0.1) is 12.5 Å². The molecule has 0 spiro atoms. The summed E-state index contributed by atoms with van der Waals surface area (Å²) in [7, 11) is 0. The molecule has 1 saturated carbocycles. The predicted octanol–water partition coefficient (Wildman–Crippen LogP) is 1.70. The minimum Gasteiger partial charge on any atom is -0.314 e. The van der Waals surface area contributed by atoms with E-state index in [2.05, 4.69) is 4.85 Å². The summed E-state index contributed by atoms with van der Waals surface area (Å²) in [6.07, 6.45) is 2.59. The van der Waals surface area contributed by atoms with Crippen molar-refractivity contribution in [1.82, 2.24) is 0 Å². The second-order valence-corrected chi connectivity index (χ2v) is 2.21. The van der Waals surface area contributed by atoms with Crippen molar-refractivity contribution in [1.29, 1.82) is 0 Å². The van der Waals surface area contributed by atoms with Gasteiger partial charge in [-0.2, -0.15) is 0 Å². The van der Waals surface area contributed by atoms with Crippen LogP contribution in [0.3, 0.4) is 0 Å². The molecule has 7 heavy (non-hydrogen) atoms. The van der Waals surface area contributed by atoms with Crippen LogP contribution in [0.25, 0.3) is 4.85 Å². The van der Waals surface area contributed by atoms with Gasteiger partial charge in [0.15, 0.2) is 0 Å². The molecule has 1 aliphatic rings. The Morgan fingerprint density at radius 3 is 2.43 bits per heavy atom. The summed E-state index contributed by atoms with van der Waals surface area (Å²) in [5, 5.41) is 0. The van der Waals surface area contributed by atoms with Gasteiger partial charge in [0.05, 0.1) is 0 Å². The second kappa shape index (κ2) is 1.54. The Hall–Kier alpha value is -0.510. The number of nitrogens with zero attached hydrogens (tertiary/aromatic N) is 1. The molecule has 0 heterocycles. The molecule has 1 aliphatic carbocycles. The highest BCUT2D eigenvalue weighted by Gasteiger charge is 2.31. The third-order valence-corrected chi connectivity index (χ3v) is 1.51. The van der Waals surface area contributed by atoms with Gasteiger partial charge >= 0.3 is 0 Å². The van der Waals surface area contributed by atoms with Gasteiger partial charge in [-0.05, 0) is 12.8 Å². The molecular weight excluding hydrogens is 86.1 g/mol. The highest BCUT2D eigenvalue weighted by Crippen LogP contribution is 2.33. The van der Waals surface area contributed by atoms with Crippen molar-refractivity contribution in [2.45, 2.75) is 25.8 Å². The van der Waals surface area contributed by atoms with Gasteiger partial charge in [-0.25, -0.2) is 6.57 Å². The van der Waals surface area contributed by atoms with E-state index in [-0.39, 0.29) is 0 Å². The smallest absolute Gasteiger partial charge is 0.223 e. The van der Waals surface area contributed by atoms with E-state index < -0.39 is 0 Å². The van der Waals surface area contributed by atoms with Crippen molar-refractivity contribution >= 4 is 0 Å². The maximum atomic E-state index is 6.60. The molecule has 0 amide bonds. The van der Waals surface area contributed by atoms with Gasteiger partial charge in [-0.3, -0.25) is 0 Å². The largest absolute Gasteiger partial charge is 0.314 e. The first-order valence-electron chi connectivity index (χ1n) is 2.71. The van der Waals surface area contributed by atoms with Crippen LogP contribution >= 0.6 is 0 Å². The van der Waals surface area contributed by atoms with Crippen molar-refractivity contribution in [2.24, 2.45) is 5.92 Å². The molecule has 1 rings (SSSR count). The minimum atomic E-state index is 0.306. The van der Waals surface area contributed by atoms with Crippen LogP contribution in [0.15, 0.2) is 0 Å².